The molecule has 1 aliphatic carbocycles. The fraction of sp³-hybridized carbons (Fsp3) is 0.312. The molecule has 2 aromatic carbocycles. The zero-order valence-corrected chi connectivity index (χ0v) is 26.4. The molecule has 2 aromatic rings. The van der Waals surface area contributed by atoms with Crippen LogP contribution in [0.2, 0.25) is 10.0 Å². The van der Waals surface area contributed by atoms with E-state index in [4.69, 9.17) is 47.2 Å². The van der Waals surface area contributed by atoms with Crippen molar-refractivity contribution < 1.29 is 28.8 Å². The number of hydrogen-bond acceptors (Lipinski definition) is 9. The molecule has 0 heterocycles. The first-order valence-electron chi connectivity index (χ1n) is 13.2. The predicted octanol–water partition coefficient (Wildman–Crippen LogP) is 6.77. The molecule has 0 aromatic heterocycles. The summed E-state index contributed by atoms with van der Waals surface area (Å²) in [5.41, 5.74) is 6.38. The van der Waals surface area contributed by atoms with Crippen LogP contribution < -0.4 is 4.74 Å². The number of carbonyl (C=O) groups excluding carboxylic acids is 1. The number of nitrogens with zero attached hydrogens (tertiary/aromatic N) is 3. The second kappa shape index (κ2) is 16.4. The number of rotatable bonds is 11. The average molecular weight is 627 g/mol. The highest BCUT2D eigenvalue weighted by molar-refractivity contribution is 6.47. The van der Waals surface area contributed by atoms with E-state index in [1.165, 1.54) is 26.9 Å². The molecule has 0 spiro atoms. The third-order valence-electron chi connectivity index (χ3n) is 6.48. The topological polar surface area (TPSA) is 100 Å². The fourth-order valence-electron chi connectivity index (χ4n) is 4.13. The van der Waals surface area contributed by atoms with Crippen LogP contribution in [0.4, 0.5) is 0 Å². The molecular formula is C32H33Cl2N3O6. The van der Waals surface area contributed by atoms with Crippen molar-refractivity contribution in [2.45, 2.75) is 33.6 Å². The highest BCUT2D eigenvalue weighted by Gasteiger charge is 2.26. The number of carbonyl (C=O) groups is 1. The zero-order chi connectivity index (χ0) is 31.4. The van der Waals surface area contributed by atoms with Gasteiger partial charge in [-0.15, -0.1) is 0 Å². The minimum absolute atomic E-state index is 0.111. The number of halogens is 2. The van der Waals surface area contributed by atoms with Crippen LogP contribution in [-0.2, 0) is 24.0 Å². The summed E-state index contributed by atoms with van der Waals surface area (Å²) in [5.74, 6) is 5.95. The molecule has 0 fully saturated rings. The first-order valence-corrected chi connectivity index (χ1v) is 13.9. The van der Waals surface area contributed by atoms with E-state index < -0.39 is 5.97 Å². The number of hydrogen-bond donors (Lipinski definition) is 0. The number of allylic oxidation sites excluding steroid dienone is 2. The summed E-state index contributed by atoms with van der Waals surface area (Å²) in [6.45, 7) is 6.13. The van der Waals surface area contributed by atoms with Crippen molar-refractivity contribution in [1.29, 1.82) is 0 Å². The highest BCUT2D eigenvalue weighted by atomic mass is 35.5. The summed E-state index contributed by atoms with van der Waals surface area (Å²) in [4.78, 5) is 28.1. The van der Waals surface area contributed by atoms with Crippen molar-refractivity contribution in [2.75, 3.05) is 34.5 Å². The zero-order valence-electron chi connectivity index (χ0n) is 24.9. The van der Waals surface area contributed by atoms with Crippen LogP contribution in [0.1, 0.15) is 44.7 Å². The molecule has 0 unspecified atom stereocenters. The van der Waals surface area contributed by atoms with Gasteiger partial charge in [0, 0.05) is 16.1 Å². The van der Waals surface area contributed by atoms with Gasteiger partial charge >= 0.3 is 5.97 Å². The van der Waals surface area contributed by atoms with E-state index in [1.807, 2.05) is 26.0 Å². The average Bonchev–Trinajstić information content (AvgIpc) is 2.99. The summed E-state index contributed by atoms with van der Waals surface area (Å²) < 4.78 is 10.7. The van der Waals surface area contributed by atoms with E-state index >= 15 is 0 Å². The molecule has 1 aliphatic rings. The summed E-state index contributed by atoms with van der Waals surface area (Å²) >= 11 is 12.1. The van der Waals surface area contributed by atoms with Crippen molar-refractivity contribution in [1.82, 2.24) is 0 Å². The van der Waals surface area contributed by atoms with E-state index in [-0.39, 0.29) is 18.9 Å². The first kappa shape index (κ1) is 33.2. The van der Waals surface area contributed by atoms with E-state index in [1.54, 1.807) is 37.3 Å². The van der Waals surface area contributed by atoms with Crippen molar-refractivity contribution in [3.05, 3.63) is 85.9 Å². The second-order valence-electron chi connectivity index (χ2n) is 9.42. The van der Waals surface area contributed by atoms with Gasteiger partial charge in [-0.2, -0.15) is 0 Å². The van der Waals surface area contributed by atoms with Crippen LogP contribution in [-0.4, -0.2) is 57.6 Å². The largest absolute Gasteiger partial charge is 0.481 e. The normalized spacial score (nSPS) is 14.2. The summed E-state index contributed by atoms with van der Waals surface area (Å²) in [6, 6.07) is 12.4. The standard InChI is InChI=1S/C32H33Cl2N3O6/c1-20-16-25(28(17-21(20)2)31(37-41-6)32(38)39-4)19-43-35-22(3)30(36-40-5)24-10-13-27(14-11-24)42-15-7-8-23-9-12-26(33)18-29(23)34/h9-14,18H,15-17,19H2,1-6H3. The van der Waals surface area contributed by atoms with Gasteiger partial charge in [-0.05, 0) is 87.2 Å². The smallest absolute Gasteiger partial charge is 0.360 e. The number of ether oxygens (including phenoxy) is 2. The van der Waals surface area contributed by atoms with E-state index in [0.717, 1.165) is 16.7 Å². The maximum Gasteiger partial charge on any atom is 0.360 e. The van der Waals surface area contributed by atoms with Gasteiger partial charge in [-0.3, -0.25) is 0 Å². The molecule has 9 nitrogen and oxygen atoms in total. The number of oxime groups is 3. The molecular weight excluding hydrogens is 593 g/mol. The molecule has 3 rings (SSSR count). The molecule has 0 atom stereocenters. The molecule has 0 N–H and O–H groups in total. The third kappa shape index (κ3) is 9.37. The van der Waals surface area contributed by atoms with E-state index in [0.29, 0.717) is 51.2 Å². The second-order valence-corrected chi connectivity index (χ2v) is 10.3. The summed E-state index contributed by atoms with van der Waals surface area (Å²) in [7, 11) is 4.14. The van der Waals surface area contributed by atoms with Gasteiger partial charge in [-0.1, -0.05) is 61.7 Å². The number of esters is 1. The molecule has 0 aliphatic heterocycles. The molecule has 0 saturated heterocycles. The molecule has 0 bridgehead atoms. The quantitative estimate of drug-likeness (QED) is 0.0898. The van der Waals surface area contributed by atoms with Crippen molar-refractivity contribution in [3.8, 4) is 17.6 Å². The van der Waals surface area contributed by atoms with Gasteiger partial charge in [0.1, 0.15) is 44.6 Å². The van der Waals surface area contributed by atoms with Gasteiger partial charge in [0.2, 0.25) is 0 Å². The van der Waals surface area contributed by atoms with E-state index in [2.05, 4.69) is 27.3 Å². The van der Waals surface area contributed by atoms with Crippen LogP contribution in [0.3, 0.4) is 0 Å². The Morgan fingerprint density at radius 1 is 0.907 bits per heavy atom. The minimum Gasteiger partial charge on any atom is -0.481 e. The SMILES string of the molecule is CON=C(C(=O)OC)C1=C(CON=C(C)C(=NOC)c2ccc(OCC#Cc3ccc(Cl)cc3Cl)cc2)CC(C)=C(C)C1. The Morgan fingerprint density at radius 3 is 2.23 bits per heavy atom. The molecule has 0 saturated carbocycles. The minimum atomic E-state index is -0.582. The molecule has 0 amide bonds. The Labute approximate surface area is 261 Å². The van der Waals surface area contributed by atoms with Crippen LogP contribution in [0, 0.1) is 11.8 Å². The van der Waals surface area contributed by atoms with Gasteiger partial charge in [0.05, 0.1) is 12.1 Å². The monoisotopic (exact) mass is 625 g/mol. The van der Waals surface area contributed by atoms with Crippen LogP contribution >= 0.6 is 23.2 Å². The Morgan fingerprint density at radius 2 is 1.58 bits per heavy atom. The lowest BCUT2D eigenvalue weighted by Crippen LogP contribution is -2.23. The van der Waals surface area contributed by atoms with Gasteiger partial charge in [-0.25, -0.2) is 4.79 Å². The van der Waals surface area contributed by atoms with Crippen molar-refractivity contribution >= 4 is 46.3 Å². The third-order valence-corrected chi connectivity index (χ3v) is 7.03. The van der Waals surface area contributed by atoms with Gasteiger partial charge < -0.3 is 24.0 Å². The fourth-order valence-corrected chi connectivity index (χ4v) is 4.59. The van der Waals surface area contributed by atoms with Crippen LogP contribution in [0.5, 0.6) is 5.75 Å². The Balaban J connectivity index is 1.71. The maximum atomic E-state index is 12.4. The van der Waals surface area contributed by atoms with Crippen molar-refractivity contribution in [3.63, 3.8) is 0 Å². The predicted molar refractivity (Wildman–Crippen MR) is 169 cm³/mol. The highest BCUT2D eigenvalue weighted by Crippen LogP contribution is 2.31. The first-order chi connectivity index (χ1) is 20.7. The maximum absolute atomic E-state index is 12.4. The number of benzene rings is 2. The molecule has 43 heavy (non-hydrogen) atoms. The summed E-state index contributed by atoms with van der Waals surface area (Å²) in [5, 5.41) is 13.4. The number of methoxy groups -OCH3 is 1. The molecule has 226 valence electrons. The molecule has 0 radical (unpaired) electrons. The Kier molecular flexibility index (Phi) is 12.7. The lowest BCUT2D eigenvalue weighted by molar-refractivity contribution is -0.132. The molecule has 11 heteroatoms. The van der Waals surface area contributed by atoms with E-state index in [9.17, 15) is 4.79 Å². The Hall–Kier alpha value is -4.26. The van der Waals surface area contributed by atoms with Crippen LogP contribution in [0.25, 0.3) is 0 Å². The Bertz CT molecular complexity index is 1550. The van der Waals surface area contributed by atoms with Gasteiger partial charge in [0.15, 0.2) is 5.71 Å². The van der Waals surface area contributed by atoms with Crippen molar-refractivity contribution in [2.24, 2.45) is 15.5 Å². The van der Waals surface area contributed by atoms with Crippen LogP contribution in [0.15, 0.2) is 80.2 Å². The summed E-state index contributed by atoms with van der Waals surface area (Å²) in [6.07, 6.45) is 1.13. The lowest BCUT2D eigenvalue weighted by atomic mass is 9.85. The lowest BCUT2D eigenvalue weighted by Gasteiger charge is -2.22. The van der Waals surface area contributed by atoms with Gasteiger partial charge in [0.25, 0.3) is 0 Å².